The van der Waals surface area contributed by atoms with Crippen LogP contribution in [-0.4, -0.2) is 41.0 Å². The van der Waals surface area contributed by atoms with Gasteiger partial charge >= 0.3 is 0 Å². The van der Waals surface area contributed by atoms with Crippen LogP contribution in [0.1, 0.15) is 19.4 Å². The summed E-state index contributed by atoms with van der Waals surface area (Å²) in [6.45, 7) is 6.08. The number of hydrogen-bond acceptors (Lipinski definition) is 7. The van der Waals surface area contributed by atoms with E-state index in [1.807, 2.05) is 63.1 Å². The van der Waals surface area contributed by atoms with Crippen molar-refractivity contribution in [1.82, 2.24) is 20.3 Å². The third-order valence-corrected chi connectivity index (χ3v) is 5.64. The van der Waals surface area contributed by atoms with Crippen molar-refractivity contribution in [3.63, 3.8) is 0 Å². The average molecular weight is 411 g/mol. The van der Waals surface area contributed by atoms with Gasteiger partial charge in [0.2, 0.25) is 5.91 Å². The number of amides is 1. The predicted molar refractivity (Wildman–Crippen MR) is 119 cm³/mol. The van der Waals surface area contributed by atoms with Crippen LogP contribution in [0.5, 0.6) is 0 Å². The van der Waals surface area contributed by atoms with Gasteiger partial charge < -0.3 is 15.5 Å². The molecule has 0 fully saturated rings. The Morgan fingerprint density at radius 1 is 1.17 bits per heavy atom. The maximum absolute atomic E-state index is 12.3. The summed E-state index contributed by atoms with van der Waals surface area (Å²) in [5, 5.41) is 6.76. The van der Waals surface area contributed by atoms with E-state index in [2.05, 4.69) is 20.6 Å². The van der Waals surface area contributed by atoms with Crippen LogP contribution in [0.4, 0.5) is 16.8 Å². The number of aromatic nitrogens is 3. The van der Waals surface area contributed by atoms with Gasteiger partial charge in [0.05, 0.1) is 10.6 Å². The molecule has 0 bridgehead atoms. The Bertz CT molecular complexity index is 987. The van der Waals surface area contributed by atoms with Crippen LogP contribution in [-0.2, 0) is 4.79 Å². The first-order chi connectivity index (χ1) is 13.9. The topological polar surface area (TPSA) is 83.0 Å². The molecule has 0 saturated heterocycles. The average Bonchev–Trinajstić information content (AvgIpc) is 3.18. The summed E-state index contributed by atoms with van der Waals surface area (Å²) in [4.78, 5) is 28.7. The lowest BCUT2D eigenvalue weighted by Crippen LogP contribution is -2.47. The summed E-state index contributed by atoms with van der Waals surface area (Å²) < 4.78 is 0. The van der Waals surface area contributed by atoms with Crippen molar-refractivity contribution in [2.45, 2.75) is 26.8 Å². The Balaban J connectivity index is 1.82. The molecular formula is C21H26N6OS. The van der Waals surface area contributed by atoms with Crippen LogP contribution in [0.2, 0.25) is 0 Å². The molecule has 152 valence electrons. The SMILES string of the molecule is CNC(=O)C(C(C)C)N(C)c1ncc(-c2cccc(Nc3cc(C)ccn3)n2)s1. The van der Waals surface area contributed by atoms with E-state index >= 15 is 0 Å². The van der Waals surface area contributed by atoms with Crippen LogP contribution in [0.3, 0.4) is 0 Å². The van der Waals surface area contributed by atoms with Gasteiger partial charge in [0, 0.05) is 26.5 Å². The number of aryl methyl sites for hydroxylation is 1. The van der Waals surface area contributed by atoms with Crippen molar-refractivity contribution in [3.8, 4) is 10.6 Å². The van der Waals surface area contributed by atoms with Gasteiger partial charge in [-0.05, 0) is 42.7 Å². The summed E-state index contributed by atoms with van der Waals surface area (Å²) >= 11 is 1.51. The molecule has 3 aromatic rings. The minimum absolute atomic E-state index is 0.0192. The lowest BCUT2D eigenvalue weighted by atomic mass is 10.0. The van der Waals surface area contributed by atoms with Crippen molar-refractivity contribution in [2.75, 3.05) is 24.3 Å². The van der Waals surface area contributed by atoms with E-state index in [1.54, 1.807) is 19.4 Å². The molecule has 0 aliphatic rings. The molecule has 1 amide bonds. The van der Waals surface area contributed by atoms with Gasteiger partial charge in [0.25, 0.3) is 0 Å². The molecule has 0 spiro atoms. The minimum Gasteiger partial charge on any atom is -0.357 e. The molecule has 7 nitrogen and oxygen atoms in total. The van der Waals surface area contributed by atoms with Crippen LogP contribution >= 0.6 is 11.3 Å². The molecule has 0 aromatic carbocycles. The number of thiazole rings is 1. The predicted octanol–water partition coefficient (Wildman–Crippen LogP) is 3.86. The fourth-order valence-electron chi connectivity index (χ4n) is 3.12. The van der Waals surface area contributed by atoms with Gasteiger partial charge in [0.1, 0.15) is 17.7 Å². The molecule has 0 saturated carbocycles. The molecule has 0 radical (unpaired) electrons. The smallest absolute Gasteiger partial charge is 0.242 e. The van der Waals surface area contributed by atoms with Crippen molar-refractivity contribution in [1.29, 1.82) is 0 Å². The largest absolute Gasteiger partial charge is 0.357 e. The summed E-state index contributed by atoms with van der Waals surface area (Å²) in [6.07, 6.45) is 3.57. The molecule has 1 unspecified atom stereocenters. The number of nitrogens with one attached hydrogen (secondary N) is 2. The van der Waals surface area contributed by atoms with Crippen LogP contribution in [0.25, 0.3) is 10.6 Å². The first-order valence-corrected chi connectivity index (χ1v) is 10.3. The number of nitrogens with zero attached hydrogens (tertiary/aromatic N) is 4. The fraction of sp³-hybridized carbons (Fsp3) is 0.333. The van der Waals surface area contributed by atoms with Gasteiger partial charge in [-0.3, -0.25) is 4.79 Å². The summed E-state index contributed by atoms with van der Waals surface area (Å²) in [5.74, 6) is 1.60. The van der Waals surface area contributed by atoms with E-state index in [1.165, 1.54) is 11.3 Å². The third kappa shape index (κ3) is 4.89. The zero-order chi connectivity index (χ0) is 21.0. The number of rotatable bonds is 7. The molecule has 3 heterocycles. The highest BCUT2D eigenvalue weighted by molar-refractivity contribution is 7.18. The molecule has 29 heavy (non-hydrogen) atoms. The Morgan fingerprint density at radius 3 is 2.66 bits per heavy atom. The van der Waals surface area contributed by atoms with Crippen molar-refractivity contribution in [2.24, 2.45) is 5.92 Å². The fourth-order valence-corrected chi connectivity index (χ4v) is 4.00. The minimum atomic E-state index is -0.285. The second kappa shape index (κ2) is 9.00. The molecule has 8 heteroatoms. The molecular weight excluding hydrogens is 384 g/mol. The van der Waals surface area contributed by atoms with Gasteiger partial charge in [-0.2, -0.15) is 0 Å². The van der Waals surface area contributed by atoms with Gasteiger partial charge in [-0.25, -0.2) is 15.0 Å². The Morgan fingerprint density at radius 2 is 1.97 bits per heavy atom. The molecule has 0 aliphatic heterocycles. The standard InChI is InChI=1S/C21H26N6OS/c1-13(2)19(20(28)22-4)27(5)21-24-12-16(29-21)15-7-6-8-17(25-15)26-18-11-14(3)9-10-23-18/h6-13,19H,1-5H3,(H,22,28)(H,23,25,26). The van der Waals surface area contributed by atoms with Crippen molar-refractivity contribution in [3.05, 3.63) is 48.3 Å². The first kappa shape index (κ1) is 20.7. The number of carbonyl (C=O) groups is 1. The lowest BCUT2D eigenvalue weighted by molar-refractivity contribution is -0.122. The molecule has 0 aliphatic carbocycles. The second-order valence-electron chi connectivity index (χ2n) is 7.17. The number of carbonyl (C=O) groups excluding carboxylic acids is 1. The van der Waals surface area contributed by atoms with Gasteiger partial charge in [0.15, 0.2) is 5.13 Å². The van der Waals surface area contributed by atoms with E-state index < -0.39 is 0 Å². The number of pyridine rings is 2. The highest BCUT2D eigenvalue weighted by Crippen LogP contribution is 2.32. The highest BCUT2D eigenvalue weighted by atomic mass is 32.1. The number of likely N-dealkylation sites (N-methyl/N-ethyl adjacent to an activating group) is 2. The zero-order valence-electron chi connectivity index (χ0n) is 17.3. The van der Waals surface area contributed by atoms with E-state index in [0.29, 0.717) is 5.82 Å². The Kier molecular flexibility index (Phi) is 6.43. The van der Waals surface area contributed by atoms with E-state index in [4.69, 9.17) is 4.98 Å². The highest BCUT2D eigenvalue weighted by Gasteiger charge is 2.27. The molecule has 3 rings (SSSR count). The van der Waals surface area contributed by atoms with Crippen molar-refractivity contribution >= 4 is 34.0 Å². The monoisotopic (exact) mass is 410 g/mol. The number of anilines is 3. The molecule has 1 atom stereocenters. The quantitative estimate of drug-likeness (QED) is 0.615. The second-order valence-corrected chi connectivity index (χ2v) is 8.18. The Hall–Kier alpha value is -3.00. The van der Waals surface area contributed by atoms with Gasteiger partial charge in [-0.1, -0.05) is 31.3 Å². The summed E-state index contributed by atoms with van der Waals surface area (Å²) in [6, 6.07) is 9.44. The summed E-state index contributed by atoms with van der Waals surface area (Å²) in [5.41, 5.74) is 1.95. The van der Waals surface area contributed by atoms with Crippen molar-refractivity contribution < 1.29 is 4.79 Å². The normalized spacial score (nSPS) is 11.9. The van der Waals surface area contributed by atoms with E-state index in [9.17, 15) is 4.79 Å². The number of hydrogen-bond donors (Lipinski definition) is 2. The van der Waals surface area contributed by atoms with Crippen LogP contribution < -0.4 is 15.5 Å². The van der Waals surface area contributed by atoms with Crippen LogP contribution in [0.15, 0.2) is 42.7 Å². The first-order valence-electron chi connectivity index (χ1n) is 9.46. The Labute approximate surface area is 175 Å². The summed E-state index contributed by atoms with van der Waals surface area (Å²) in [7, 11) is 3.56. The van der Waals surface area contributed by atoms with E-state index in [0.717, 1.165) is 27.1 Å². The maximum atomic E-state index is 12.3. The van der Waals surface area contributed by atoms with Crippen LogP contribution in [0, 0.1) is 12.8 Å². The molecule has 3 aromatic heterocycles. The van der Waals surface area contributed by atoms with E-state index in [-0.39, 0.29) is 17.9 Å². The molecule has 2 N–H and O–H groups in total. The maximum Gasteiger partial charge on any atom is 0.242 e. The van der Waals surface area contributed by atoms with Gasteiger partial charge in [-0.15, -0.1) is 0 Å². The third-order valence-electron chi connectivity index (χ3n) is 4.53. The zero-order valence-corrected chi connectivity index (χ0v) is 18.1. The lowest BCUT2D eigenvalue weighted by Gasteiger charge is -2.29.